The number of hydrogen-bond donors (Lipinski definition) is 1. The molecule has 0 aromatic carbocycles. The van der Waals surface area contributed by atoms with Crippen LogP contribution in [0.2, 0.25) is 0 Å². The van der Waals surface area contributed by atoms with Gasteiger partial charge in [0.1, 0.15) is 17.9 Å². The van der Waals surface area contributed by atoms with E-state index in [0.29, 0.717) is 19.0 Å². The van der Waals surface area contributed by atoms with Gasteiger partial charge in [-0.25, -0.2) is 9.78 Å². The smallest absolute Gasteiger partial charge is 0.410 e. The Morgan fingerprint density at radius 3 is 2.88 bits per heavy atom. The minimum atomic E-state index is -0.496. The molecule has 2 aromatic rings. The van der Waals surface area contributed by atoms with Crippen LogP contribution >= 0.6 is 0 Å². The monoisotopic (exact) mass is 344 g/mol. The van der Waals surface area contributed by atoms with Crippen molar-refractivity contribution in [3.05, 3.63) is 41.9 Å². The lowest BCUT2D eigenvalue weighted by atomic mass is 10.1. The molecule has 0 fully saturated rings. The van der Waals surface area contributed by atoms with Crippen molar-refractivity contribution in [3.63, 3.8) is 0 Å². The van der Waals surface area contributed by atoms with E-state index in [2.05, 4.69) is 15.3 Å². The van der Waals surface area contributed by atoms with Crippen molar-refractivity contribution in [2.24, 2.45) is 0 Å². The highest BCUT2D eigenvalue weighted by Gasteiger charge is 2.26. The summed E-state index contributed by atoms with van der Waals surface area (Å²) in [5.41, 5.74) is 2.43. The summed E-state index contributed by atoms with van der Waals surface area (Å²) >= 11 is 0. The van der Waals surface area contributed by atoms with Crippen LogP contribution in [-0.4, -0.2) is 33.1 Å². The maximum atomic E-state index is 12.3. The number of aromatic nitrogens is 2. The Labute approximate surface area is 147 Å². The predicted octanol–water partition coefficient (Wildman–Crippen LogP) is 3.54. The lowest BCUT2D eigenvalue weighted by Gasteiger charge is -2.31. The average molecular weight is 344 g/mol. The van der Waals surface area contributed by atoms with Crippen LogP contribution in [0.5, 0.6) is 0 Å². The van der Waals surface area contributed by atoms with Crippen molar-refractivity contribution >= 4 is 11.8 Å². The molecular weight excluding hydrogens is 320 g/mol. The number of fused-ring (bicyclic) bond motifs is 1. The first-order valence-electron chi connectivity index (χ1n) is 8.43. The molecule has 1 aliphatic heterocycles. The molecule has 25 heavy (non-hydrogen) atoms. The number of oxazole rings is 1. The molecular formula is C18H24N4O3. The first-order chi connectivity index (χ1) is 11.8. The van der Waals surface area contributed by atoms with E-state index in [0.717, 1.165) is 23.4 Å². The van der Waals surface area contributed by atoms with Gasteiger partial charge in [0, 0.05) is 18.7 Å². The second-order valence-corrected chi connectivity index (χ2v) is 7.22. The Morgan fingerprint density at radius 2 is 2.20 bits per heavy atom. The number of rotatable bonds is 3. The summed E-state index contributed by atoms with van der Waals surface area (Å²) in [6.45, 7) is 8.70. The highest BCUT2D eigenvalue weighted by atomic mass is 16.6. The van der Waals surface area contributed by atoms with Gasteiger partial charge in [-0.1, -0.05) is 0 Å². The molecule has 1 aliphatic rings. The van der Waals surface area contributed by atoms with Crippen LogP contribution in [0.15, 0.2) is 29.1 Å². The van der Waals surface area contributed by atoms with Crippen LogP contribution in [0, 0.1) is 0 Å². The van der Waals surface area contributed by atoms with E-state index in [4.69, 9.17) is 9.15 Å². The summed E-state index contributed by atoms with van der Waals surface area (Å²) in [4.78, 5) is 22.7. The average Bonchev–Trinajstić information content (AvgIpc) is 3.07. The molecule has 1 atom stereocenters. The fourth-order valence-electron chi connectivity index (χ4n) is 2.75. The summed E-state index contributed by atoms with van der Waals surface area (Å²) in [5, 5.41) is 3.32. The molecule has 0 saturated carbocycles. The van der Waals surface area contributed by atoms with Gasteiger partial charge in [-0.05, 0) is 39.3 Å². The molecule has 7 heteroatoms. The van der Waals surface area contributed by atoms with Gasteiger partial charge in [0.25, 0.3) is 0 Å². The Kier molecular flexibility index (Phi) is 4.65. The van der Waals surface area contributed by atoms with Crippen LogP contribution in [0.4, 0.5) is 10.5 Å². The number of nitrogens with one attached hydrogen (secondary N) is 1. The normalized spacial score (nSPS) is 15.4. The lowest BCUT2D eigenvalue weighted by Crippen LogP contribution is -2.40. The minimum absolute atomic E-state index is 0.0691. The van der Waals surface area contributed by atoms with Crippen LogP contribution < -0.4 is 5.32 Å². The largest absolute Gasteiger partial charge is 0.447 e. The summed E-state index contributed by atoms with van der Waals surface area (Å²) in [6.07, 6.45) is 5.42. The first kappa shape index (κ1) is 17.3. The summed E-state index contributed by atoms with van der Waals surface area (Å²) < 4.78 is 10.8. The molecule has 2 aromatic heterocycles. The Bertz CT molecular complexity index is 737. The lowest BCUT2D eigenvalue weighted by molar-refractivity contribution is 0.0223. The quantitative estimate of drug-likeness (QED) is 0.917. The maximum absolute atomic E-state index is 12.3. The van der Waals surface area contributed by atoms with Crippen molar-refractivity contribution in [2.45, 2.75) is 52.3 Å². The number of ether oxygens (including phenoxy) is 1. The van der Waals surface area contributed by atoms with Gasteiger partial charge >= 0.3 is 6.09 Å². The van der Waals surface area contributed by atoms with Gasteiger partial charge in [-0.2, -0.15) is 0 Å². The highest BCUT2D eigenvalue weighted by Crippen LogP contribution is 2.24. The fourth-order valence-corrected chi connectivity index (χ4v) is 2.75. The van der Waals surface area contributed by atoms with Crippen molar-refractivity contribution in [1.82, 2.24) is 14.9 Å². The second-order valence-electron chi connectivity index (χ2n) is 7.22. The third kappa shape index (κ3) is 4.29. The van der Waals surface area contributed by atoms with E-state index in [1.54, 1.807) is 23.6 Å². The molecule has 1 N–H and O–H groups in total. The van der Waals surface area contributed by atoms with Gasteiger partial charge in [0.15, 0.2) is 0 Å². The molecule has 1 amide bonds. The molecule has 134 valence electrons. The minimum Gasteiger partial charge on any atom is -0.447 e. The van der Waals surface area contributed by atoms with Gasteiger partial charge in [-0.3, -0.25) is 4.98 Å². The highest BCUT2D eigenvalue weighted by molar-refractivity contribution is 5.68. The summed E-state index contributed by atoms with van der Waals surface area (Å²) in [6, 6.07) is 1.96. The number of carbonyl (C=O) groups excluding carboxylic acids is 1. The topological polar surface area (TPSA) is 80.5 Å². The van der Waals surface area contributed by atoms with Crippen LogP contribution in [0.3, 0.4) is 0 Å². The standard InChI is InChI=1S/C18H24N4O3/c1-12(16-19-6-8-24-16)21-14-9-13-11-22(7-5-15(13)20-10-14)17(23)25-18(2,3)4/h6,8-10,12,21H,5,7,11H2,1-4H3. The molecule has 0 saturated heterocycles. The molecule has 0 radical (unpaired) electrons. The third-order valence-electron chi connectivity index (χ3n) is 3.90. The number of carbonyl (C=O) groups is 1. The van der Waals surface area contributed by atoms with E-state index >= 15 is 0 Å². The number of anilines is 1. The predicted molar refractivity (Wildman–Crippen MR) is 93.1 cm³/mol. The second kappa shape index (κ2) is 6.74. The zero-order valence-corrected chi connectivity index (χ0v) is 15.1. The van der Waals surface area contributed by atoms with Crippen molar-refractivity contribution in [1.29, 1.82) is 0 Å². The van der Waals surface area contributed by atoms with Gasteiger partial charge in [0.05, 0.1) is 24.6 Å². The zero-order valence-electron chi connectivity index (χ0n) is 15.1. The van der Waals surface area contributed by atoms with Crippen LogP contribution in [-0.2, 0) is 17.7 Å². The zero-order chi connectivity index (χ0) is 18.0. The summed E-state index contributed by atoms with van der Waals surface area (Å²) in [7, 11) is 0. The maximum Gasteiger partial charge on any atom is 0.410 e. The Balaban J connectivity index is 1.70. The van der Waals surface area contributed by atoms with Gasteiger partial charge in [0.2, 0.25) is 5.89 Å². The Morgan fingerprint density at radius 1 is 1.40 bits per heavy atom. The van der Waals surface area contributed by atoms with Crippen LogP contribution in [0.25, 0.3) is 0 Å². The van der Waals surface area contributed by atoms with E-state index in [9.17, 15) is 4.79 Å². The number of hydrogen-bond acceptors (Lipinski definition) is 6. The van der Waals surface area contributed by atoms with Crippen molar-refractivity contribution < 1.29 is 13.9 Å². The van der Waals surface area contributed by atoms with E-state index in [-0.39, 0.29) is 12.1 Å². The van der Waals surface area contributed by atoms with Gasteiger partial charge < -0.3 is 19.4 Å². The van der Waals surface area contributed by atoms with Crippen molar-refractivity contribution in [2.75, 3.05) is 11.9 Å². The molecule has 7 nitrogen and oxygen atoms in total. The third-order valence-corrected chi connectivity index (χ3v) is 3.90. The molecule has 0 spiro atoms. The molecule has 3 rings (SSSR count). The summed E-state index contributed by atoms with van der Waals surface area (Å²) in [5.74, 6) is 0.619. The van der Waals surface area contributed by atoms with Crippen LogP contribution in [0.1, 0.15) is 50.9 Å². The van der Waals surface area contributed by atoms with Crippen molar-refractivity contribution in [3.8, 4) is 0 Å². The van der Waals surface area contributed by atoms with E-state index in [1.165, 1.54) is 0 Å². The molecule has 0 bridgehead atoms. The molecule has 0 aliphatic carbocycles. The van der Waals surface area contributed by atoms with E-state index < -0.39 is 5.60 Å². The first-order valence-corrected chi connectivity index (χ1v) is 8.43. The molecule has 1 unspecified atom stereocenters. The van der Waals surface area contributed by atoms with Gasteiger partial charge in [-0.15, -0.1) is 0 Å². The Hall–Kier alpha value is -2.57. The number of nitrogens with zero attached hydrogens (tertiary/aromatic N) is 3. The fraction of sp³-hybridized carbons (Fsp3) is 0.500. The number of pyridine rings is 1. The molecule has 3 heterocycles. The van der Waals surface area contributed by atoms with E-state index in [1.807, 2.05) is 33.8 Å². The SMILES string of the molecule is CC(Nc1cnc2c(c1)CN(C(=O)OC(C)(C)C)CC2)c1ncco1. The number of amides is 1.